The largest absolute Gasteiger partial charge is 1.00 e. The van der Waals surface area contributed by atoms with Crippen molar-refractivity contribution in [3.8, 4) is 0 Å². The molecule has 0 saturated carbocycles. The predicted octanol–water partition coefficient (Wildman–Crippen LogP) is 1.32. The number of hydrogen-bond donors (Lipinski definition) is 1. The molecule has 0 aromatic heterocycles. The number of hydrogen-bond acceptors (Lipinski definition) is 4. The van der Waals surface area contributed by atoms with E-state index in [9.17, 15) is 9.59 Å². The second-order valence-electron chi connectivity index (χ2n) is 5.34. The van der Waals surface area contributed by atoms with Crippen molar-refractivity contribution >= 4 is 22.2 Å². The molecule has 0 bridgehead atoms. The third-order valence-electron chi connectivity index (χ3n) is 3.33. The number of carbonyl (C=O) groups excluding carboxylic acids is 1. The summed E-state index contributed by atoms with van der Waals surface area (Å²) in [6, 6.07) is 6.06. The van der Waals surface area contributed by atoms with Crippen LogP contribution in [0.2, 0.25) is 0 Å². The Kier molecular flexibility index (Phi) is 14.6. The fourth-order valence-corrected chi connectivity index (χ4v) is 6.05. The summed E-state index contributed by atoms with van der Waals surface area (Å²) in [5.41, 5.74) is 0.427. The van der Waals surface area contributed by atoms with E-state index in [0.29, 0.717) is 5.56 Å². The van der Waals surface area contributed by atoms with E-state index in [-0.39, 0.29) is 62.4 Å². The van der Waals surface area contributed by atoms with Crippen molar-refractivity contribution in [1.82, 2.24) is 0 Å². The first kappa shape index (κ1) is 26.3. The zero-order chi connectivity index (χ0) is 16.6. The number of carbonyl (C=O) groups is 2. The van der Waals surface area contributed by atoms with Crippen molar-refractivity contribution in [2.45, 2.75) is 40.0 Å². The number of benzene rings is 1. The van der Waals surface area contributed by atoms with Gasteiger partial charge in [0, 0.05) is 17.3 Å². The van der Waals surface area contributed by atoms with Crippen LogP contribution in [0, 0.1) is 0 Å². The Labute approximate surface area is 188 Å². The Morgan fingerprint density at radius 3 is 1.88 bits per heavy atom. The molecule has 0 aliphatic carbocycles. The minimum Gasteiger partial charge on any atom is -0.870 e. The van der Waals surface area contributed by atoms with Crippen molar-refractivity contribution in [2.24, 2.45) is 0 Å². The van der Waals surface area contributed by atoms with Gasteiger partial charge in [0.25, 0.3) is 0 Å². The first-order valence-corrected chi connectivity index (χ1v) is 9.88. The molecule has 0 radical (unpaired) electrons. The Balaban J connectivity index is 0. The molecule has 1 aromatic rings. The molecule has 0 spiro atoms. The van der Waals surface area contributed by atoms with Crippen LogP contribution in [-0.2, 0) is 4.18 Å². The maximum atomic E-state index is 12.5. The van der Waals surface area contributed by atoms with Crippen LogP contribution >= 0.6 is 10.3 Å². The Bertz CT molecular complexity index is 504. The maximum Gasteiger partial charge on any atom is 1.00 e. The summed E-state index contributed by atoms with van der Waals surface area (Å²) in [5.74, 6) is 1.31. The van der Waals surface area contributed by atoms with Crippen LogP contribution in [0.15, 0.2) is 24.3 Å². The molecule has 0 unspecified atom stereocenters. The van der Waals surface area contributed by atoms with Crippen LogP contribution in [0.5, 0.6) is 0 Å². The monoisotopic (exact) mass is 382 g/mol. The van der Waals surface area contributed by atoms with E-state index in [1.807, 2.05) is 0 Å². The van der Waals surface area contributed by atoms with Crippen molar-refractivity contribution < 1.29 is 75.7 Å². The third-order valence-corrected chi connectivity index (χ3v) is 7.29. The summed E-state index contributed by atoms with van der Waals surface area (Å²) in [6.07, 6.45) is 2.95. The Morgan fingerprint density at radius 1 is 1.00 bits per heavy atom. The number of aromatic carboxylic acids is 1. The van der Waals surface area contributed by atoms with Crippen LogP contribution in [0.1, 0.15) is 60.7 Å². The zero-order valence-corrected chi connectivity index (χ0v) is 19.0. The van der Waals surface area contributed by atoms with E-state index < -0.39 is 22.2 Å². The van der Waals surface area contributed by atoms with Gasteiger partial charge in [0.2, 0.25) is 0 Å². The van der Waals surface area contributed by atoms with Crippen LogP contribution in [0.25, 0.3) is 0 Å². The van der Waals surface area contributed by atoms with E-state index in [1.165, 1.54) is 12.1 Å². The normalized spacial score (nSPS) is 11.0. The van der Waals surface area contributed by atoms with Crippen molar-refractivity contribution in [3.63, 3.8) is 0 Å². The van der Waals surface area contributed by atoms with Crippen LogP contribution < -0.4 is 51.4 Å². The molecule has 132 valence electrons. The van der Waals surface area contributed by atoms with E-state index in [0.717, 1.165) is 36.5 Å². The summed E-state index contributed by atoms with van der Waals surface area (Å²) in [5, 5.41) is 9.03. The molecule has 7 heteroatoms. The van der Waals surface area contributed by atoms with Gasteiger partial charge in [0.05, 0.1) is 11.1 Å². The van der Waals surface area contributed by atoms with Gasteiger partial charge < -0.3 is 14.8 Å². The van der Waals surface area contributed by atoms with Gasteiger partial charge in [-0.25, -0.2) is 9.59 Å². The smallest absolute Gasteiger partial charge is 0.870 e. The molecule has 1 aromatic carbocycles. The van der Waals surface area contributed by atoms with Crippen molar-refractivity contribution in [2.75, 3.05) is 17.3 Å². The average Bonchev–Trinajstić information content (AvgIpc) is 2.48. The van der Waals surface area contributed by atoms with E-state index in [1.54, 1.807) is 12.1 Å². The molecular weight excluding hydrogens is 355 g/mol. The number of carboxylic acid groups (broad SMARTS) is 1. The minimum absolute atomic E-state index is 0. The standard InChI is InChI=1S/C17H26O4S.K.H2O/c1-4-10-22(11-5-2,12-6-3)21-17(20)15-9-7-8-14(13-15)16(18)19;;/h7-9,13H,4-6,10-12H2,1-3H3,(H,18,19);;1H2/q;+1;/p-1. The quantitative estimate of drug-likeness (QED) is 0.650. The minimum atomic E-state index is -1.42. The molecule has 0 aliphatic rings. The van der Waals surface area contributed by atoms with Gasteiger partial charge >= 0.3 is 63.3 Å². The number of carboxylic acids is 1. The molecule has 0 aliphatic heterocycles. The fourth-order valence-electron chi connectivity index (χ4n) is 2.54. The average molecular weight is 383 g/mol. The van der Waals surface area contributed by atoms with Gasteiger partial charge in [-0.1, -0.05) is 37.1 Å². The van der Waals surface area contributed by atoms with Gasteiger partial charge in [-0.15, -0.1) is 0 Å². The SMILES string of the molecule is CCCS(CCC)(CCC)OC(=O)c1cccc(C(=O)O)c1.[K+].[OH-]. The summed E-state index contributed by atoms with van der Waals surface area (Å²) >= 11 is 0. The second-order valence-corrected chi connectivity index (χ2v) is 8.66. The molecule has 0 saturated heterocycles. The van der Waals surface area contributed by atoms with E-state index in [4.69, 9.17) is 9.29 Å². The van der Waals surface area contributed by atoms with E-state index >= 15 is 0 Å². The molecular formula is C17H27KO5S. The summed E-state index contributed by atoms with van der Waals surface area (Å²) in [7, 11) is -1.42. The summed E-state index contributed by atoms with van der Waals surface area (Å²) in [4.78, 5) is 23.5. The molecule has 1 rings (SSSR count). The maximum absolute atomic E-state index is 12.5. The molecule has 5 nitrogen and oxygen atoms in total. The van der Waals surface area contributed by atoms with Gasteiger partial charge in [0.1, 0.15) is 0 Å². The van der Waals surface area contributed by atoms with Crippen LogP contribution in [0.3, 0.4) is 0 Å². The fraction of sp³-hybridized carbons (Fsp3) is 0.529. The topological polar surface area (TPSA) is 93.6 Å². The van der Waals surface area contributed by atoms with Gasteiger partial charge in [-0.3, -0.25) is 0 Å². The van der Waals surface area contributed by atoms with Crippen LogP contribution in [-0.4, -0.2) is 39.8 Å². The molecule has 0 heterocycles. The van der Waals surface area contributed by atoms with Gasteiger partial charge in [0.15, 0.2) is 0 Å². The van der Waals surface area contributed by atoms with E-state index in [2.05, 4.69) is 20.8 Å². The first-order valence-electron chi connectivity index (χ1n) is 7.81. The third kappa shape index (κ3) is 7.99. The second kappa shape index (κ2) is 13.3. The number of rotatable bonds is 9. The molecule has 0 amide bonds. The zero-order valence-electron chi connectivity index (χ0n) is 15.1. The van der Waals surface area contributed by atoms with Crippen molar-refractivity contribution in [1.29, 1.82) is 0 Å². The summed E-state index contributed by atoms with van der Waals surface area (Å²) < 4.78 is 5.93. The van der Waals surface area contributed by atoms with Gasteiger partial charge in [-0.05, 0) is 37.5 Å². The molecule has 2 N–H and O–H groups in total. The van der Waals surface area contributed by atoms with Gasteiger partial charge in [-0.2, -0.15) is 0 Å². The molecule has 0 atom stereocenters. The molecule has 0 fully saturated rings. The molecule has 24 heavy (non-hydrogen) atoms. The summed E-state index contributed by atoms with van der Waals surface area (Å²) in [6.45, 7) is 6.31. The Hall–Kier alpha value is 0.106. The predicted molar refractivity (Wildman–Crippen MR) is 93.8 cm³/mol. The Morgan fingerprint density at radius 2 is 1.46 bits per heavy atom. The van der Waals surface area contributed by atoms with Crippen molar-refractivity contribution in [3.05, 3.63) is 35.4 Å². The van der Waals surface area contributed by atoms with Crippen LogP contribution in [0.4, 0.5) is 0 Å². The first-order chi connectivity index (χ1) is 10.5.